The van der Waals surface area contributed by atoms with Crippen LogP contribution in [0.25, 0.3) is 0 Å². The van der Waals surface area contributed by atoms with Gasteiger partial charge in [0.05, 0.1) is 5.92 Å². The molecule has 0 saturated carbocycles. The average Bonchev–Trinajstić information content (AvgIpc) is 2.58. The molecule has 0 bridgehead atoms. The Labute approximate surface area is 138 Å². The van der Waals surface area contributed by atoms with E-state index in [2.05, 4.69) is 24.5 Å². The van der Waals surface area contributed by atoms with E-state index in [0.29, 0.717) is 32.1 Å². The number of piperidine rings is 1. The molecule has 1 aliphatic heterocycles. The Hall–Kier alpha value is -2.04. The van der Waals surface area contributed by atoms with Crippen LogP contribution in [0.2, 0.25) is 0 Å². The summed E-state index contributed by atoms with van der Waals surface area (Å²) >= 11 is 0. The molecule has 1 fully saturated rings. The first kappa shape index (κ1) is 17.3. The molecule has 0 aliphatic carbocycles. The standard InChI is InChI=1S/C18H27N3O2/c1-14(2)11-19-17(22)16-9-6-10-21(13-16)18(23)20-12-15-7-4-3-5-8-15/h3-5,7-8,14,16H,6,9-13H2,1-2H3,(H,19,22)(H,20,23)/t16-/m1/s1. The first-order valence-electron chi connectivity index (χ1n) is 8.40. The normalized spacial score (nSPS) is 17.9. The Balaban J connectivity index is 1.80. The third-order valence-corrected chi connectivity index (χ3v) is 4.05. The lowest BCUT2D eigenvalue weighted by molar-refractivity contribution is -0.126. The number of hydrogen-bond acceptors (Lipinski definition) is 2. The number of amides is 3. The van der Waals surface area contributed by atoms with Gasteiger partial charge in [-0.2, -0.15) is 0 Å². The molecule has 1 aromatic rings. The van der Waals surface area contributed by atoms with Gasteiger partial charge in [-0.25, -0.2) is 4.79 Å². The van der Waals surface area contributed by atoms with Crippen LogP contribution in [0.15, 0.2) is 30.3 Å². The van der Waals surface area contributed by atoms with Crippen molar-refractivity contribution in [1.29, 1.82) is 0 Å². The van der Waals surface area contributed by atoms with Gasteiger partial charge in [-0.3, -0.25) is 4.79 Å². The fraction of sp³-hybridized carbons (Fsp3) is 0.556. The van der Waals surface area contributed by atoms with Crippen LogP contribution in [0.4, 0.5) is 4.79 Å². The van der Waals surface area contributed by atoms with E-state index in [9.17, 15) is 9.59 Å². The van der Waals surface area contributed by atoms with Crippen molar-refractivity contribution in [2.75, 3.05) is 19.6 Å². The number of benzene rings is 1. The third-order valence-electron chi connectivity index (χ3n) is 4.05. The average molecular weight is 317 g/mol. The summed E-state index contributed by atoms with van der Waals surface area (Å²) in [5, 5.41) is 5.91. The van der Waals surface area contributed by atoms with E-state index in [1.807, 2.05) is 30.3 Å². The van der Waals surface area contributed by atoms with E-state index in [0.717, 1.165) is 18.4 Å². The molecule has 1 atom stereocenters. The molecule has 0 unspecified atom stereocenters. The number of carbonyl (C=O) groups is 2. The number of urea groups is 1. The van der Waals surface area contributed by atoms with Crippen molar-refractivity contribution < 1.29 is 9.59 Å². The lowest BCUT2D eigenvalue weighted by Crippen LogP contribution is -2.49. The molecule has 1 aromatic carbocycles. The largest absolute Gasteiger partial charge is 0.356 e. The summed E-state index contributed by atoms with van der Waals surface area (Å²) < 4.78 is 0. The molecule has 1 saturated heterocycles. The minimum atomic E-state index is -0.0926. The summed E-state index contributed by atoms with van der Waals surface area (Å²) in [5.41, 5.74) is 1.07. The Morgan fingerprint density at radius 1 is 1.22 bits per heavy atom. The van der Waals surface area contributed by atoms with E-state index in [1.54, 1.807) is 4.90 Å². The molecule has 3 amide bonds. The van der Waals surface area contributed by atoms with E-state index >= 15 is 0 Å². The molecule has 2 N–H and O–H groups in total. The Morgan fingerprint density at radius 2 is 1.96 bits per heavy atom. The van der Waals surface area contributed by atoms with Crippen LogP contribution in [0.1, 0.15) is 32.3 Å². The van der Waals surface area contributed by atoms with Crippen molar-refractivity contribution >= 4 is 11.9 Å². The van der Waals surface area contributed by atoms with Gasteiger partial charge in [0.25, 0.3) is 0 Å². The van der Waals surface area contributed by atoms with Crippen LogP contribution in [0.5, 0.6) is 0 Å². The van der Waals surface area contributed by atoms with Crippen molar-refractivity contribution in [1.82, 2.24) is 15.5 Å². The van der Waals surface area contributed by atoms with Gasteiger partial charge in [0.2, 0.25) is 5.91 Å². The van der Waals surface area contributed by atoms with Crippen LogP contribution < -0.4 is 10.6 Å². The fourth-order valence-corrected chi connectivity index (χ4v) is 2.71. The smallest absolute Gasteiger partial charge is 0.317 e. The minimum Gasteiger partial charge on any atom is -0.356 e. The van der Waals surface area contributed by atoms with Gasteiger partial charge in [-0.05, 0) is 24.3 Å². The highest BCUT2D eigenvalue weighted by molar-refractivity contribution is 5.80. The van der Waals surface area contributed by atoms with Gasteiger partial charge in [-0.15, -0.1) is 0 Å². The molecule has 2 rings (SSSR count). The zero-order valence-corrected chi connectivity index (χ0v) is 14.0. The predicted octanol–water partition coefficient (Wildman–Crippen LogP) is 2.38. The summed E-state index contributed by atoms with van der Waals surface area (Å²) in [7, 11) is 0. The summed E-state index contributed by atoms with van der Waals surface area (Å²) in [6.07, 6.45) is 1.73. The molecular weight excluding hydrogens is 290 g/mol. The lowest BCUT2D eigenvalue weighted by Gasteiger charge is -2.32. The maximum atomic E-state index is 12.3. The van der Waals surface area contributed by atoms with Crippen molar-refractivity contribution in [3.8, 4) is 0 Å². The predicted molar refractivity (Wildman–Crippen MR) is 90.8 cm³/mol. The topological polar surface area (TPSA) is 61.4 Å². The number of rotatable bonds is 5. The van der Waals surface area contributed by atoms with Gasteiger partial charge < -0.3 is 15.5 Å². The summed E-state index contributed by atoms with van der Waals surface area (Å²) in [4.78, 5) is 26.2. The molecule has 0 aromatic heterocycles. The molecule has 1 heterocycles. The molecule has 0 spiro atoms. The molecule has 126 valence electrons. The quantitative estimate of drug-likeness (QED) is 0.876. The molecule has 5 heteroatoms. The van der Waals surface area contributed by atoms with Crippen LogP contribution in [0, 0.1) is 11.8 Å². The minimum absolute atomic E-state index is 0.0688. The van der Waals surface area contributed by atoms with Gasteiger partial charge in [0.15, 0.2) is 0 Å². The Kier molecular flexibility index (Phi) is 6.44. The van der Waals surface area contributed by atoms with Crippen molar-refractivity contribution in [2.45, 2.75) is 33.2 Å². The van der Waals surface area contributed by atoms with E-state index in [1.165, 1.54) is 0 Å². The first-order chi connectivity index (χ1) is 11.1. The van der Waals surface area contributed by atoms with Gasteiger partial charge in [0, 0.05) is 26.2 Å². The van der Waals surface area contributed by atoms with Gasteiger partial charge >= 0.3 is 6.03 Å². The number of nitrogens with one attached hydrogen (secondary N) is 2. The van der Waals surface area contributed by atoms with Crippen LogP contribution in [-0.2, 0) is 11.3 Å². The second-order valence-corrected chi connectivity index (χ2v) is 6.57. The lowest BCUT2D eigenvalue weighted by atomic mass is 9.97. The number of carbonyl (C=O) groups excluding carboxylic acids is 2. The van der Waals surface area contributed by atoms with Gasteiger partial charge in [0.1, 0.15) is 0 Å². The highest BCUT2D eigenvalue weighted by atomic mass is 16.2. The fourth-order valence-electron chi connectivity index (χ4n) is 2.71. The Morgan fingerprint density at radius 3 is 2.65 bits per heavy atom. The van der Waals surface area contributed by atoms with Crippen LogP contribution in [-0.4, -0.2) is 36.5 Å². The molecular formula is C18H27N3O2. The second kappa shape index (κ2) is 8.56. The van der Waals surface area contributed by atoms with Crippen LogP contribution in [0.3, 0.4) is 0 Å². The third kappa shape index (κ3) is 5.58. The van der Waals surface area contributed by atoms with Crippen molar-refractivity contribution in [2.24, 2.45) is 11.8 Å². The highest BCUT2D eigenvalue weighted by Crippen LogP contribution is 2.17. The highest BCUT2D eigenvalue weighted by Gasteiger charge is 2.28. The van der Waals surface area contributed by atoms with E-state index in [4.69, 9.17) is 0 Å². The number of likely N-dealkylation sites (tertiary alicyclic amines) is 1. The number of nitrogens with zero attached hydrogens (tertiary/aromatic N) is 1. The molecule has 1 aliphatic rings. The number of hydrogen-bond donors (Lipinski definition) is 2. The molecule has 23 heavy (non-hydrogen) atoms. The van der Waals surface area contributed by atoms with Crippen molar-refractivity contribution in [3.05, 3.63) is 35.9 Å². The van der Waals surface area contributed by atoms with Gasteiger partial charge in [-0.1, -0.05) is 44.2 Å². The maximum Gasteiger partial charge on any atom is 0.317 e. The summed E-state index contributed by atoms with van der Waals surface area (Å²) in [5.74, 6) is 0.414. The van der Waals surface area contributed by atoms with E-state index < -0.39 is 0 Å². The second-order valence-electron chi connectivity index (χ2n) is 6.57. The summed E-state index contributed by atoms with van der Waals surface area (Å²) in [6, 6.07) is 9.75. The van der Waals surface area contributed by atoms with E-state index in [-0.39, 0.29) is 17.9 Å². The zero-order valence-electron chi connectivity index (χ0n) is 14.0. The SMILES string of the molecule is CC(C)CNC(=O)[C@@H]1CCCN(C(=O)NCc2ccccc2)C1. The first-order valence-corrected chi connectivity index (χ1v) is 8.40. The maximum absolute atomic E-state index is 12.3. The molecule has 5 nitrogen and oxygen atoms in total. The zero-order chi connectivity index (χ0) is 16.7. The van der Waals surface area contributed by atoms with Crippen LogP contribution >= 0.6 is 0 Å². The Bertz CT molecular complexity index is 516. The summed E-state index contributed by atoms with van der Waals surface area (Å²) in [6.45, 7) is 6.57. The van der Waals surface area contributed by atoms with Crippen molar-refractivity contribution in [3.63, 3.8) is 0 Å². The molecule has 0 radical (unpaired) electrons. The monoisotopic (exact) mass is 317 g/mol.